The largest absolute Gasteiger partial charge is 0.494 e. The van der Waals surface area contributed by atoms with Crippen molar-refractivity contribution in [1.29, 1.82) is 0 Å². The van der Waals surface area contributed by atoms with E-state index >= 15 is 0 Å². The summed E-state index contributed by atoms with van der Waals surface area (Å²) >= 11 is 1.89. The zero-order chi connectivity index (χ0) is 21.1. The Hall–Kier alpha value is -2.42. The Morgan fingerprint density at radius 2 is 2.17 bits per heavy atom. The normalized spacial score (nSPS) is 25.1. The van der Waals surface area contributed by atoms with Gasteiger partial charge in [-0.15, -0.1) is 0 Å². The summed E-state index contributed by atoms with van der Waals surface area (Å²) in [5, 5.41) is 9.29. The molecule has 162 valence electrons. The number of carbonyl (C=O) groups is 3. The second-order valence-electron chi connectivity index (χ2n) is 7.95. The van der Waals surface area contributed by atoms with Gasteiger partial charge in [0.2, 0.25) is 11.8 Å². The summed E-state index contributed by atoms with van der Waals surface area (Å²) in [4.78, 5) is 37.5. The number of nitrogens with zero attached hydrogens (tertiary/aromatic N) is 1. The average molecular weight is 433 g/mol. The minimum absolute atomic E-state index is 0.0326. The zero-order valence-corrected chi connectivity index (χ0v) is 17.9. The van der Waals surface area contributed by atoms with Crippen molar-refractivity contribution in [3.8, 4) is 5.75 Å². The van der Waals surface area contributed by atoms with Crippen molar-refractivity contribution in [1.82, 2.24) is 10.6 Å². The third-order valence-corrected chi connectivity index (χ3v) is 7.42. The highest BCUT2D eigenvalue weighted by Crippen LogP contribution is 2.34. The van der Waals surface area contributed by atoms with Gasteiger partial charge in [-0.25, -0.2) is 4.79 Å². The molecule has 0 bridgehead atoms. The Kier molecular flexibility index (Phi) is 6.36. The Morgan fingerprint density at radius 1 is 1.30 bits per heavy atom. The number of fused-ring (bicyclic) bond motifs is 1. The van der Waals surface area contributed by atoms with Gasteiger partial charge in [-0.1, -0.05) is 6.42 Å². The minimum Gasteiger partial charge on any atom is -0.494 e. The van der Waals surface area contributed by atoms with Gasteiger partial charge in [0.15, 0.2) is 0 Å². The Labute approximate surface area is 180 Å². The van der Waals surface area contributed by atoms with Crippen LogP contribution in [0, 0.1) is 0 Å². The van der Waals surface area contributed by atoms with Crippen LogP contribution in [0.1, 0.15) is 38.5 Å². The summed E-state index contributed by atoms with van der Waals surface area (Å²) in [5.41, 5.74) is 1.42. The van der Waals surface area contributed by atoms with E-state index in [2.05, 4.69) is 16.0 Å². The van der Waals surface area contributed by atoms with Crippen molar-refractivity contribution >= 4 is 41.0 Å². The van der Waals surface area contributed by atoms with Gasteiger partial charge >= 0.3 is 6.03 Å². The first kappa shape index (κ1) is 20.8. The molecule has 4 amide bonds. The Bertz CT molecular complexity index is 833. The van der Waals surface area contributed by atoms with Crippen molar-refractivity contribution in [3.63, 3.8) is 0 Å². The molecule has 9 heteroatoms. The van der Waals surface area contributed by atoms with Gasteiger partial charge in [-0.05, 0) is 31.4 Å². The van der Waals surface area contributed by atoms with Crippen molar-refractivity contribution in [2.24, 2.45) is 0 Å². The van der Waals surface area contributed by atoms with Crippen molar-refractivity contribution in [2.45, 2.75) is 55.9 Å². The van der Waals surface area contributed by atoms with E-state index < -0.39 is 0 Å². The maximum absolute atomic E-state index is 12.3. The quantitative estimate of drug-likeness (QED) is 0.433. The molecule has 3 heterocycles. The minimum atomic E-state index is -0.0646. The molecule has 0 radical (unpaired) electrons. The molecule has 3 aliphatic heterocycles. The van der Waals surface area contributed by atoms with Gasteiger partial charge in [0.1, 0.15) is 5.75 Å². The molecule has 0 spiro atoms. The third-order valence-electron chi connectivity index (χ3n) is 5.91. The maximum Gasteiger partial charge on any atom is 0.315 e. The number of benzene rings is 1. The molecular weight excluding hydrogens is 404 g/mol. The number of hydrogen-bond acceptors (Lipinski definition) is 5. The van der Waals surface area contributed by atoms with Crippen LogP contribution in [0.5, 0.6) is 5.75 Å². The van der Waals surface area contributed by atoms with Crippen LogP contribution in [0.3, 0.4) is 0 Å². The second-order valence-corrected chi connectivity index (χ2v) is 9.22. The third kappa shape index (κ3) is 4.50. The number of hydrogen-bond donors (Lipinski definition) is 3. The molecule has 3 aliphatic rings. The van der Waals surface area contributed by atoms with Crippen molar-refractivity contribution < 1.29 is 19.1 Å². The SMILES string of the molecule is COc1cc(NC(=O)CCCC[C@@H]2SC[C@@H]3NC(=O)N[C@@H]32)ccc1N1CCCC1=O. The molecule has 3 saturated heterocycles. The van der Waals surface area contributed by atoms with Crippen molar-refractivity contribution in [3.05, 3.63) is 18.2 Å². The lowest BCUT2D eigenvalue weighted by Crippen LogP contribution is -2.36. The van der Waals surface area contributed by atoms with Gasteiger partial charge in [0.05, 0.1) is 24.9 Å². The van der Waals surface area contributed by atoms with Crippen molar-refractivity contribution in [2.75, 3.05) is 29.6 Å². The monoisotopic (exact) mass is 432 g/mol. The summed E-state index contributed by atoms with van der Waals surface area (Å²) in [7, 11) is 1.57. The fourth-order valence-electron chi connectivity index (χ4n) is 4.38. The first-order chi connectivity index (χ1) is 14.5. The number of nitrogens with one attached hydrogen (secondary N) is 3. The van der Waals surface area contributed by atoms with E-state index in [0.717, 1.165) is 37.1 Å². The number of unbranched alkanes of at least 4 members (excludes halogenated alkanes) is 1. The molecule has 0 aromatic heterocycles. The van der Waals surface area contributed by atoms with Crippen LogP contribution in [0.4, 0.5) is 16.2 Å². The fourth-order valence-corrected chi connectivity index (χ4v) is 5.92. The van der Waals surface area contributed by atoms with E-state index in [-0.39, 0.29) is 29.9 Å². The number of thioether (sulfide) groups is 1. The van der Waals surface area contributed by atoms with Crippen LogP contribution < -0.4 is 25.6 Å². The first-order valence-corrected chi connectivity index (χ1v) is 11.6. The molecule has 0 unspecified atom stereocenters. The van der Waals surface area contributed by atoms with Gasteiger partial charge < -0.3 is 25.6 Å². The number of ether oxygens (including phenoxy) is 1. The van der Waals surface area contributed by atoms with E-state index in [9.17, 15) is 14.4 Å². The molecule has 3 atom stereocenters. The Morgan fingerprint density at radius 3 is 2.93 bits per heavy atom. The van der Waals surface area contributed by atoms with Gasteiger partial charge in [0.25, 0.3) is 0 Å². The highest BCUT2D eigenvalue weighted by molar-refractivity contribution is 8.00. The molecule has 8 nitrogen and oxygen atoms in total. The first-order valence-electron chi connectivity index (χ1n) is 10.5. The topological polar surface area (TPSA) is 99.8 Å². The molecule has 4 rings (SSSR count). The van der Waals surface area contributed by atoms with Crippen LogP contribution in [-0.2, 0) is 9.59 Å². The predicted octanol–water partition coefficient (Wildman–Crippen LogP) is 2.49. The lowest BCUT2D eigenvalue weighted by Gasteiger charge is -2.19. The van der Waals surface area contributed by atoms with Crippen LogP contribution in [-0.4, -0.2) is 54.6 Å². The number of amides is 4. The van der Waals surface area contributed by atoms with Gasteiger partial charge in [-0.3, -0.25) is 9.59 Å². The number of methoxy groups -OCH3 is 1. The van der Waals surface area contributed by atoms with Gasteiger partial charge in [0, 0.05) is 42.1 Å². The Balaban J connectivity index is 1.23. The molecular formula is C21H28N4O4S. The number of anilines is 2. The molecule has 30 heavy (non-hydrogen) atoms. The number of urea groups is 1. The average Bonchev–Trinajstić information content (AvgIpc) is 3.41. The molecule has 3 fully saturated rings. The lowest BCUT2D eigenvalue weighted by molar-refractivity contribution is -0.117. The summed E-state index contributed by atoms with van der Waals surface area (Å²) < 4.78 is 5.44. The standard InChI is InChI=1S/C21H28N4O4S/c1-29-16-11-13(8-9-15(16)25-10-4-7-19(25)27)22-18(26)6-3-2-5-17-20-14(12-30-17)23-21(28)24-20/h8-9,11,14,17,20H,2-7,10,12H2,1H3,(H,22,26)(H2,23,24,28)/t14-,17-,20-/m0/s1. The van der Waals surface area contributed by atoms with Crippen LogP contribution in [0.2, 0.25) is 0 Å². The number of rotatable bonds is 8. The summed E-state index contributed by atoms with van der Waals surface area (Å²) in [5.74, 6) is 1.61. The predicted molar refractivity (Wildman–Crippen MR) is 117 cm³/mol. The lowest BCUT2D eigenvalue weighted by atomic mass is 10.0. The molecule has 1 aromatic carbocycles. The molecule has 0 aliphatic carbocycles. The van der Waals surface area contributed by atoms with Crippen LogP contribution in [0.15, 0.2) is 18.2 Å². The smallest absolute Gasteiger partial charge is 0.315 e. The second kappa shape index (κ2) is 9.16. The molecule has 0 saturated carbocycles. The highest BCUT2D eigenvalue weighted by Gasteiger charge is 2.42. The van der Waals surface area contributed by atoms with E-state index in [1.54, 1.807) is 18.1 Å². The highest BCUT2D eigenvalue weighted by atomic mass is 32.2. The number of carbonyl (C=O) groups excluding carboxylic acids is 3. The molecule has 3 N–H and O–H groups in total. The van der Waals surface area contributed by atoms with Crippen LogP contribution >= 0.6 is 11.8 Å². The summed E-state index contributed by atoms with van der Waals surface area (Å²) in [6.45, 7) is 0.696. The van der Waals surface area contributed by atoms with Crippen LogP contribution in [0.25, 0.3) is 0 Å². The van der Waals surface area contributed by atoms with E-state index in [1.807, 2.05) is 23.9 Å². The zero-order valence-electron chi connectivity index (χ0n) is 17.1. The fraction of sp³-hybridized carbons (Fsp3) is 0.571. The van der Waals surface area contributed by atoms with Gasteiger partial charge in [-0.2, -0.15) is 11.8 Å². The maximum atomic E-state index is 12.3. The van der Waals surface area contributed by atoms with E-state index in [0.29, 0.717) is 36.1 Å². The summed E-state index contributed by atoms with van der Waals surface area (Å²) in [6.07, 6.45) is 4.61. The van der Waals surface area contributed by atoms with E-state index in [4.69, 9.17) is 4.74 Å². The van der Waals surface area contributed by atoms with E-state index in [1.165, 1.54) is 0 Å². The molecule has 1 aromatic rings. The summed E-state index contributed by atoms with van der Waals surface area (Å²) in [6, 6.07) is 5.80.